The zero-order chi connectivity index (χ0) is 12.7. The Morgan fingerprint density at radius 2 is 1.94 bits per heavy atom. The maximum atomic E-state index is 11.7. The maximum absolute atomic E-state index is 11.7. The summed E-state index contributed by atoms with van der Waals surface area (Å²) in [6, 6.07) is 0. The van der Waals surface area contributed by atoms with E-state index in [1.165, 1.54) is 0 Å². The standard InChI is InChI=1S/C12H21NO3S/c1-2-3-4-5-10(14)13-12(11(15)16)6-8-17-9-7-12/h2-9H2,1H3,(H,13,14)(H,15,16). The molecule has 1 fully saturated rings. The summed E-state index contributed by atoms with van der Waals surface area (Å²) in [7, 11) is 0. The first-order valence-corrected chi connectivity index (χ1v) is 7.38. The second-order valence-corrected chi connectivity index (χ2v) is 5.73. The van der Waals surface area contributed by atoms with Crippen LogP contribution < -0.4 is 5.32 Å². The Morgan fingerprint density at radius 1 is 1.29 bits per heavy atom. The van der Waals surface area contributed by atoms with Gasteiger partial charge < -0.3 is 10.4 Å². The molecule has 4 nitrogen and oxygen atoms in total. The van der Waals surface area contributed by atoms with Crippen molar-refractivity contribution in [2.24, 2.45) is 0 Å². The van der Waals surface area contributed by atoms with E-state index in [9.17, 15) is 14.7 Å². The Balaban J connectivity index is 2.48. The van der Waals surface area contributed by atoms with E-state index in [-0.39, 0.29) is 5.91 Å². The number of thioether (sulfide) groups is 1. The zero-order valence-corrected chi connectivity index (χ0v) is 11.1. The van der Waals surface area contributed by atoms with Crippen LogP contribution in [0.1, 0.15) is 45.4 Å². The van der Waals surface area contributed by atoms with E-state index < -0.39 is 11.5 Å². The number of rotatable bonds is 6. The van der Waals surface area contributed by atoms with Gasteiger partial charge in [0.05, 0.1) is 0 Å². The molecule has 17 heavy (non-hydrogen) atoms. The van der Waals surface area contributed by atoms with Crippen LogP contribution in [0.25, 0.3) is 0 Å². The molecule has 1 rings (SSSR count). The number of aliphatic carboxylic acids is 1. The van der Waals surface area contributed by atoms with E-state index in [0.29, 0.717) is 19.3 Å². The Kier molecular flexibility index (Phi) is 5.82. The maximum Gasteiger partial charge on any atom is 0.329 e. The number of hydrogen-bond donors (Lipinski definition) is 2. The SMILES string of the molecule is CCCCCC(=O)NC1(C(=O)O)CCSCC1. The number of carboxylic acids is 1. The van der Waals surface area contributed by atoms with Gasteiger partial charge in [0.1, 0.15) is 5.54 Å². The van der Waals surface area contributed by atoms with E-state index in [1.54, 1.807) is 11.8 Å². The van der Waals surface area contributed by atoms with Gasteiger partial charge in [0.25, 0.3) is 0 Å². The van der Waals surface area contributed by atoms with Crippen molar-refractivity contribution in [3.63, 3.8) is 0 Å². The van der Waals surface area contributed by atoms with Crippen molar-refractivity contribution < 1.29 is 14.7 Å². The average Bonchev–Trinajstić information content (AvgIpc) is 2.30. The van der Waals surface area contributed by atoms with Crippen molar-refractivity contribution in [2.45, 2.75) is 51.0 Å². The molecule has 2 N–H and O–H groups in total. The number of amides is 1. The highest BCUT2D eigenvalue weighted by atomic mass is 32.2. The first-order chi connectivity index (χ1) is 8.10. The van der Waals surface area contributed by atoms with Crippen LogP contribution in [-0.2, 0) is 9.59 Å². The first kappa shape index (κ1) is 14.4. The second kappa shape index (κ2) is 6.89. The number of nitrogens with one attached hydrogen (secondary N) is 1. The van der Waals surface area contributed by atoms with Gasteiger partial charge in [-0.05, 0) is 30.8 Å². The molecule has 1 heterocycles. The largest absolute Gasteiger partial charge is 0.480 e. The van der Waals surface area contributed by atoms with Crippen molar-refractivity contribution in [1.29, 1.82) is 0 Å². The Morgan fingerprint density at radius 3 is 2.47 bits per heavy atom. The summed E-state index contributed by atoms with van der Waals surface area (Å²) in [5.41, 5.74) is -1.01. The molecular formula is C12H21NO3S. The number of carbonyl (C=O) groups is 2. The van der Waals surface area contributed by atoms with Crippen molar-refractivity contribution >= 4 is 23.6 Å². The fourth-order valence-corrected chi connectivity index (χ4v) is 3.17. The van der Waals surface area contributed by atoms with E-state index >= 15 is 0 Å². The van der Waals surface area contributed by atoms with Gasteiger partial charge in [-0.15, -0.1) is 0 Å². The van der Waals surface area contributed by atoms with E-state index in [1.807, 2.05) is 0 Å². The lowest BCUT2D eigenvalue weighted by Crippen LogP contribution is -2.56. The molecule has 0 spiro atoms. The van der Waals surface area contributed by atoms with Crippen molar-refractivity contribution in [1.82, 2.24) is 5.32 Å². The molecule has 1 aliphatic heterocycles. The highest BCUT2D eigenvalue weighted by Gasteiger charge is 2.40. The summed E-state index contributed by atoms with van der Waals surface area (Å²) in [6.07, 6.45) is 4.43. The third kappa shape index (κ3) is 4.22. The van der Waals surface area contributed by atoms with Crippen LogP contribution in [0.4, 0.5) is 0 Å². The highest BCUT2D eigenvalue weighted by molar-refractivity contribution is 7.99. The molecule has 5 heteroatoms. The highest BCUT2D eigenvalue weighted by Crippen LogP contribution is 2.27. The van der Waals surface area contributed by atoms with Crippen LogP contribution >= 0.6 is 11.8 Å². The quantitative estimate of drug-likeness (QED) is 0.716. The molecule has 0 radical (unpaired) electrons. The average molecular weight is 259 g/mol. The van der Waals surface area contributed by atoms with E-state index in [2.05, 4.69) is 12.2 Å². The van der Waals surface area contributed by atoms with Crippen LogP contribution in [0.5, 0.6) is 0 Å². The van der Waals surface area contributed by atoms with Gasteiger partial charge in [0, 0.05) is 6.42 Å². The molecule has 0 bridgehead atoms. The fraction of sp³-hybridized carbons (Fsp3) is 0.833. The third-order valence-electron chi connectivity index (χ3n) is 3.14. The normalized spacial score (nSPS) is 18.6. The van der Waals surface area contributed by atoms with Crippen molar-refractivity contribution in [3.05, 3.63) is 0 Å². The molecule has 1 saturated heterocycles. The van der Waals surface area contributed by atoms with Gasteiger partial charge in [-0.3, -0.25) is 4.79 Å². The van der Waals surface area contributed by atoms with Crippen LogP contribution in [0.15, 0.2) is 0 Å². The number of hydrogen-bond acceptors (Lipinski definition) is 3. The minimum atomic E-state index is -1.01. The van der Waals surface area contributed by atoms with Gasteiger partial charge >= 0.3 is 5.97 Å². The number of carbonyl (C=O) groups excluding carboxylic acids is 1. The molecule has 0 saturated carbocycles. The predicted octanol–water partition coefficient (Wildman–Crippen LogP) is 2.03. The van der Waals surface area contributed by atoms with Gasteiger partial charge in [-0.25, -0.2) is 4.79 Å². The smallest absolute Gasteiger partial charge is 0.329 e. The topological polar surface area (TPSA) is 66.4 Å². The second-order valence-electron chi connectivity index (χ2n) is 4.50. The molecule has 0 aromatic rings. The fourth-order valence-electron chi connectivity index (χ4n) is 1.98. The van der Waals surface area contributed by atoms with Crippen LogP contribution in [0.2, 0.25) is 0 Å². The van der Waals surface area contributed by atoms with Gasteiger partial charge in [-0.1, -0.05) is 19.8 Å². The predicted molar refractivity (Wildman–Crippen MR) is 69.2 cm³/mol. The molecule has 0 aliphatic carbocycles. The molecule has 0 atom stereocenters. The first-order valence-electron chi connectivity index (χ1n) is 6.23. The van der Waals surface area contributed by atoms with E-state index in [4.69, 9.17) is 0 Å². The lowest BCUT2D eigenvalue weighted by molar-refractivity contribution is -0.148. The zero-order valence-electron chi connectivity index (χ0n) is 10.3. The molecule has 1 amide bonds. The molecular weight excluding hydrogens is 238 g/mol. The summed E-state index contributed by atoms with van der Waals surface area (Å²) in [5, 5.41) is 12.0. The lowest BCUT2D eigenvalue weighted by atomic mass is 9.92. The summed E-state index contributed by atoms with van der Waals surface area (Å²) >= 11 is 1.75. The Labute approximate surface area is 107 Å². The summed E-state index contributed by atoms with van der Waals surface area (Å²) in [4.78, 5) is 23.0. The number of carboxylic acid groups (broad SMARTS) is 1. The summed E-state index contributed by atoms with van der Waals surface area (Å²) in [6.45, 7) is 2.08. The minimum absolute atomic E-state index is 0.118. The number of unbranched alkanes of at least 4 members (excludes halogenated alkanes) is 2. The van der Waals surface area contributed by atoms with Crippen LogP contribution in [0.3, 0.4) is 0 Å². The molecule has 0 aromatic heterocycles. The van der Waals surface area contributed by atoms with Crippen LogP contribution in [-0.4, -0.2) is 34.0 Å². The Bertz CT molecular complexity index is 275. The monoisotopic (exact) mass is 259 g/mol. The summed E-state index contributed by atoms with van der Waals surface area (Å²) in [5.74, 6) is 0.609. The van der Waals surface area contributed by atoms with E-state index in [0.717, 1.165) is 30.8 Å². The van der Waals surface area contributed by atoms with Crippen molar-refractivity contribution in [2.75, 3.05) is 11.5 Å². The molecule has 0 aromatic carbocycles. The molecule has 1 aliphatic rings. The van der Waals surface area contributed by atoms with Crippen molar-refractivity contribution in [3.8, 4) is 0 Å². The Hall–Kier alpha value is -0.710. The molecule has 0 unspecified atom stereocenters. The minimum Gasteiger partial charge on any atom is -0.480 e. The lowest BCUT2D eigenvalue weighted by Gasteiger charge is -2.33. The summed E-state index contributed by atoms with van der Waals surface area (Å²) < 4.78 is 0. The molecule has 98 valence electrons. The third-order valence-corrected chi connectivity index (χ3v) is 4.13. The van der Waals surface area contributed by atoms with Gasteiger partial charge in [0.2, 0.25) is 5.91 Å². The van der Waals surface area contributed by atoms with Gasteiger partial charge in [0.15, 0.2) is 0 Å². The van der Waals surface area contributed by atoms with Crippen LogP contribution in [0, 0.1) is 0 Å². The van der Waals surface area contributed by atoms with Gasteiger partial charge in [-0.2, -0.15) is 11.8 Å².